The van der Waals surface area contributed by atoms with E-state index in [1.807, 2.05) is 6.07 Å². The Balaban J connectivity index is 1.85. The van der Waals surface area contributed by atoms with Crippen LogP contribution in [0.25, 0.3) is 0 Å². The minimum absolute atomic E-state index is 0.276. The molecule has 2 aromatic rings. The first-order valence-electron chi connectivity index (χ1n) is 9.32. The van der Waals surface area contributed by atoms with E-state index in [1.165, 1.54) is 0 Å². The number of benzene rings is 2. The molecule has 1 aliphatic rings. The average molecular weight is 463 g/mol. The van der Waals surface area contributed by atoms with Gasteiger partial charge in [0.15, 0.2) is 0 Å². The number of morpholine rings is 1. The molecule has 0 aromatic heterocycles. The lowest BCUT2D eigenvalue weighted by Gasteiger charge is -2.30. The summed E-state index contributed by atoms with van der Waals surface area (Å²) in [6.45, 7) is 4.63. The van der Waals surface area contributed by atoms with E-state index in [9.17, 15) is 9.59 Å². The summed E-state index contributed by atoms with van der Waals surface area (Å²) in [6.07, 6.45) is 0. The van der Waals surface area contributed by atoms with Crippen molar-refractivity contribution in [3.8, 4) is 5.75 Å². The van der Waals surface area contributed by atoms with Gasteiger partial charge in [0, 0.05) is 24.3 Å². The molecule has 29 heavy (non-hydrogen) atoms. The van der Waals surface area contributed by atoms with Crippen molar-refractivity contribution in [1.82, 2.24) is 0 Å². The van der Waals surface area contributed by atoms with Gasteiger partial charge < -0.3 is 24.4 Å². The predicted octanol–water partition coefficient (Wildman–Crippen LogP) is 3.72. The summed E-state index contributed by atoms with van der Waals surface area (Å²) in [4.78, 5) is 27.2. The van der Waals surface area contributed by atoms with Crippen molar-refractivity contribution in [2.24, 2.45) is 0 Å². The van der Waals surface area contributed by atoms with Gasteiger partial charge in [0.05, 0.1) is 42.7 Å². The Morgan fingerprint density at radius 2 is 1.93 bits per heavy atom. The molecular formula is C21H23BrN2O5. The normalized spacial score (nSPS) is 13.7. The number of amides is 1. The third kappa shape index (κ3) is 5.07. The molecule has 1 fully saturated rings. The molecule has 1 saturated heterocycles. The number of halogens is 1. The van der Waals surface area contributed by atoms with E-state index >= 15 is 0 Å². The summed E-state index contributed by atoms with van der Waals surface area (Å²) < 4.78 is 16.5. The summed E-state index contributed by atoms with van der Waals surface area (Å²) in [6, 6.07) is 10.3. The van der Waals surface area contributed by atoms with E-state index in [2.05, 4.69) is 26.1 Å². The van der Waals surface area contributed by atoms with Crippen molar-refractivity contribution in [2.75, 3.05) is 50.2 Å². The average Bonchev–Trinajstić information content (AvgIpc) is 2.74. The first-order valence-corrected chi connectivity index (χ1v) is 10.1. The van der Waals surface area contributed by atoms with Crippen LogP contribution in [0.1, 0.15) is 27.6 Å². The highest BCUT2D eigenvalue weighted by Gasteiger charge is 2.21. The van der Waals surface area contributed by atoms with Gasteiger partial charge >= 0.3 is 5.97 Å². The van der Waals surface area contributed by atoms with Crippen LogP contribution in [0, 0.1) is 0 Å². The molecule has 1 N–H and O–H groups in total. The molecule has 0 unspecified atom stereocenters. The second-order valence-corrected chi connectivity index (χ2v) is 7.21. The number of hydrogen-bond donors (Lipinski definition) is 1. The van der Waals surface area contributed by atoms with Gasteiger partial charge in [0.2, 0.25) is 0 Å². The third-order valence-electron chi connectivity index (χ3n) is 4.52. The zero-order valence-corrected chi connectivity index (χ0v) is 18.0. The van der Waals surface area contributed by atoms with Crippen LogP contribution in [0.5, 0.6) is 5.75 Å². The van der Waals surface area contributed by atoms with Crippen LogP contribution in [-0.4, -0.2) is 51.9 Å². The van der Waals surface area contributed by atoms with Gasteiger partial charge in [-0.2, -0.15) is 0 Å². The standard InChI is InChI=1S/C21H23BrN2O5/c1-3-29-21(26)16-13-15(5-6-18(16)24-8-10-28-11-9-24)23-20(25)14-4-7-19(27-2)17(22)12-14/h4-7,12-13H,3,8-11H2,1-2H3,(H,23,25). The lowest BCUT2D eigenvalue weighted by atomic mass is 10.1. The molecule has 8 heteroatoms. The summed E-state index contributed by atoms with van der Waals surface area (Å²) in [5.41, 5.74) is 2.18. The second kappa shape index (κ2) is 9.76. The van der Waals surface area contributed by atoms with E-state index in [4.69, 9.17) is 14.2 Å². The molecule has 1 aliphatic heterocycles. The van der Waals surface area contributed by atoms with Crippen LogP contribution in [-0.2, 0) is 9.47 Å². The highest BCUT2D eigenvalue weighted by Crippen LogP contribution is 2.28. The van der Waals surface area contributed by atoms with Gasteiger partial charge in [-0.15, -0.1) is 0 Å². The molecule has 0 spiro atoms. The molecule has 0 bridgehead atoms. The maximum atomic E-state index is 12.6. The van der Waals surface area contributed by atoms with E-state index < -0.39 is 5.97 Å². The molecule has 0 aliphatic carbocycles. The SMILES string of the molecule is CCOC(=O)c1cc(NC(=O)c2ccc(OC)c(Br)c2)ccc1N1CCOCC1. The van der Waals surface area contributed by atoms with E-state index in [-0.39, 0.29) is 12.5 Å². The molecular weight excluding hydrogens is 440 g/mol. The largest absolute Gasteiger partial charge is 0.496 e. The minimum atomic E-state index is -0.419. The molecule has 0 radical (unpaired) electrons. The van der Waals surface area contributed by atoms with Crippen LogP contribution in [0.15, 0.2) is 40.9 Å². The van der Waals surface area contributed by atoms with Crippen molar-refractivity contribution in [2.45, 2.75) is 6.92 Å². The smallest absolute Gasteiger partial charge is 0.340 e. The molecule has 154 valence electrons. The van der Waals surface area contributed by atoms with E-state index in [0.29, 0.717) is 53.3 Å². The predicted molar refractivity (Wildman–Crippen MR) is 114 cm³/mol. The Morgan fingerprint density at radius 1 is 1.17 bits per heavy atom. The van der Waals surface area contributed by atoms with Crippen molar-refractivity contribution in [3.63, 3.8) is 0 Å². The zero-order valence-electron chi connectivity index (χ0n) is 16.4. The number of ether oxygens (including phenoxy) is 3. The highest BCUT2D eigenvalue weighted by atomic mass is 79.9. The minimum Gasteiger partial charge on any atom is -0.496 e. The number of esters is 1. The van der Waals surface area contributed by atoms with Crippen LogP contribution < -0.4 is 15.0 Å². The lowest BCUT2D eigenvalue weighted by molar-refractivity contribution is 0.0526. The summed E-state index contributed by atoms with van der Waals surface area (Å²) in [5, 5.41) is 2.84. The van der Waals surface area contributed by atoms with E-state index in [0.717, 1.165) is 5.69 Å². The molecule has 1 amide bonds. The zero-order chi connectivity index (χ0) is 20.8. The van der Waals surface area contributed by atoms with Gasteiger partial charge in [0.1, 0.15) is 5.75 Å². The van der Waals surface area contributed by atoms with Gasteiger partial charge in [-0.1, -0.05) is 0 Å². The van der Waals surface area contributed by atoms with Gasteiger partial charge in [-0.3, -0.25) is 4.79 Å². The number of carbonyl (C=O) groups is 2. The van der Waals surface area contributed by atoms with Gasteiger partial charge in [0.25, 0.3) is 5.91 Å². The Labute approximate surface area is 178 Å². The van der Waals surface area contributed by atoms with Crippen LogP contribution in [0.4, 0.5) is 11.4 Å². The Hall–Kier alpha value is -2.58. The number of nitrogens with one attached hydrogen (secondary N) is 1. The third-order valence-corrected chi connectivity index (χ3v) is 5.14. The molecule has 0 saturated carbocycles. The molecule has 7 nitrogen and oxygen atoms in total. The monoisotopic (exact) mass is 462 g/mol. The Kier molecular flexibility index (Phi) is 7.11. The molecule has 0 atom stereocenters. The number of nitrogens with zero attached hydrogens (tertiary/aromatic N) is 1. The topological polar surface area (TPSA) is 77.1 Å². The van der Waals surface area contributed by atoms with Crippen molar-refractivity contribution in [3.05, 3.63) is 52.0 Å². The number of carbonyl (C=O) groups excluding carboxylic acids is 2. The summed E-state index contributed by atoms with van der Waals surface area (Å²) in [5.74, 6) is -0.0689. The van der Waals surface area contributed by atoms with Crippen LogP contribution in [0.2, 0.25) is 0 Å². The van der Waals surface area contributed by atoms with E-state index in [1.54, 1.807) is 44.4 Å². The lowest BCUT2D eigenvalue weighted by Crippen LogP contribution is -2.37. The fourth-order valence-electron chi connectivity index (χ4n) is 3.08. The maximum absolute atomic E-state index is 12.6. The van der Waals surface area contributed by atoms with Crippen molar-refractivity contribution < 1.29 is 23.8 Å². The summed E-state index contributed by atoms with van der Waals surface area (Å²) in [7, 11) is 1.56. The number of methoxy groups -OCH3 is 1. The Bertz CT molecular complexity index is 897. The second-order valence-electron chi connectivity index (χ2n) is 6.36. The Morgan fingerprint density at radius 3 is 2.59 bits per heavy atom. The molecule has 3 rings (SSSR count). The van der Waals surface area contributed by atoms with Gasteiger partial charge in [-0.05, 0) is 59.3 Å². The molecule has 2 aromatic carbocycles. The fraction of sp³-hybridized carbons (Fsp3) is 0.333. The first-order chi connectivity index (χ1) is 14.0. The fourth-order valence-corrected chi connectivity index (χ4v) is 3.62. The van der Waals surface area contributed by atoms with Crippen LogP contribution >= 0.6 is 15.9 Å². The molecule has 1 heterocycles. The first kappa shape index (κ1) is 21.1. The number of rotatable bonds is 6. The number of anilines is 2. The maximum Gasteiger partial charge on any atom is 0.340 e. The highest BCUT2D eigenvalue weighted by molar-refractivity contribution is 9.10. The van der Waals surface area contributed by atoms with Gasteiger partial charge in [-0.25, -0.2) is 4.79 Å². The summed E-state index contributed by atoms with van der Waals surface area (Å²) >= 11 is 3.38. The van der Waals surface area contributed by atoms with Crippen molar-refractivity contribution >= 4 is 39.2 Å². The van der Waals surface area contributed by atoms with Crippen LogP contribution in [0.3, 0.4) is 0 Å². The van der Waals surface area contributed by atoms with Crippen molar-refractivity contribution in [1.29, 1.82) is 0 Å². The quantitative estimate of drug-likeness (QED) is 0.659. The number of hydrogen-bond acceptors (Lipinski definition) is 6.